The van der Waals surface area contributed by atoms with Gasteiger partial charge in [-0.25, -0.2) is 9.50 Å². The first-order valence-corrected chi connectivity index (χ1v) is 6.65. The molecule has 4 N–H and O–H groups in total. The maximum Gasteiger partial charge on any atom is 0.151 e. The van der Waals surface area contributed by atoms with E-state index < -0.39 is 0 Å². The summed E-state index contributed by atoms with van der Waals surface area (Å²) in [4.78, 5) is 4.07. The second kappa shape index (κ2) is 4.68. The Balaban J connectivity index is 2.36. The standard InChI is InChI=1S/C14H14ClN5/c1-2-8-6-20-13(14(17)18-7-19-20)12(8)9-3-4-11(16)10(15)5-9/h3-7H,2,16H2,1H3,(H2,17,18,19). The van der Waals surface area contributed by atoms with Gasteiger partial charge >= 0.3 is 0 Å². The predicted octanol–water partition coefficient (Wildman–Crippen LogP) is 2.78. The Bertz CT molecular complexity index is 794. The number of fused-ring (bicyclic) bond motifs is 1. The normalized spacial score (nSPS) is 11.1. The molecule has 3 rings (SSSR count). The summed E-state index contributed by atoms with van der Waals surface area (Å²) in [6.07, 6.45) is 4.27. The van der Waals surface area contributed by atoms with E-state index in [2.05, 4.69) is 17.0 Å². The van der Waals surface area contributed by atoms with Crippen LogP contribution in [0.5, 0.6) is 0 Å². The van der Waals surface area contributed by atoms with Crippen LogP contribution in [0.25, 0.3) is 16.6 Å². The van der Waals surface area contributed by atoms with Crippen molar-refractivity contribution in [3.63, 3.8) is 0 Å². The highest BCUT2D eigenvalue weighted by Gasteiger charge is 2.16. The SMILES string of the molecule is CCc1cn2ncnc(N)c2c1-c1ccc(N)c(Cl)c1. The lowest BCUT2D eigenvalue weighted by Gasteiger charge is -2.07. The van der Waals surface area contributed by atoms with Crippen molar-refractivity contribution >= 4 is 28.6 Å². The molecular formula is C14H14ClN5. The number of halogens is 1. The van der Waals surface area contributed by atoms with Gasteiger partial charge in [0, 0.05) is 11.8 Å². The minimum Gasteiger partial charge on any atom is -0.398 e. The molecule has 0 aliphatic heterocycles. The van der Waals surface area contributed by atoms with Crippen LogP contribution in [0.2, 0.25) is 5.02 Å². The molecule has 0 bridgehead atoms. The fraction of sp³-hybridized carbons (Fsp3) is 0.143. The third-order valence-corrected chi connectivity index (χ3v) is 3.68. The number of nitrogens with zero attached hydrogens (tertiary/aromatic N) is 3. The second-order valence-electron chi connectivity index (χ2n) is 4.56. The van der Waals surface area contributed by atoms with Gasteiger partial charge in [0.25, 0.3) is 0 Å². The van der Waals surface area contributed by atoms with Gasteiger partial charge in [0.1, 0.15) is 11.8 Å². The van der Waals surface area contributed by atoms with Crippen LogP contribution in [-0.4, -0.2) is 14.6 Å². The summed E-state index contributed by atoms with van der Waals surface area (Å²) in [5.74, 6) is 0.447. The molecule has 0 fully saturated rings. The molecule has 3 aromatic rings. The van der Waals surface area contributed by atoms with Crippen LogP contribution in [0.4, 0.5) is 11.5 Å². The van der Waals surface area contributed by atoms with Gasteiger partial charge in [-0.1, -0.05) is 24.6 Å². The van der Waals surface area contributed by atoms with Crippen molar-refractivity contribution in [3.8, 4) is 11.1 Å². The van der Waals surface area contributed by atoms with Crippen LogP contribution in [0.1, 0.15) is 12.5 Å². The highest BCUT2D eigenvalue weighted by Crippen LogP contribution is 2.35. The summed E-state index contributed by atoms with van der Waals surface area (Å²) < 4.78 is 1.75. The lowest BCUT2D eigenvalue weighted by molar-refractivity contribution is 0.901. The van der Waals surface area contributed by atoms with Crippen molar-refractivity contribution in [2.24, 2.45) is 0 Å². The third-order valence-electron chi connectivity index (χ3n) is 3.35. The van der Waals surface area contributed by atoms with Crippen LogP contribution < -0.4 is 11.5 Å². The van der Waals surface area contributed by atoms with Crippen LogP contribution >= 0.6 is 11.6 Å². The van der Waals surface area contributed by atoms with E-state index in [9.17, 15) is 0 Å². The molecule has 6 heteroatoms. The third kappa shape index (κ3) is 1.87. The molecule has 0 radical (unpaired) electrons. The number of rotatable bonds is 2. The summed E-state index contributed by atoms with van der Waals surface area (Å²) in [6.45, 7) is 2.08. The zero-order valence-electron chi connectivity index (χ0n) is 11.0. The first-order chi connectivity index (χ1) is 9.61. The van der Waals surface area contributed by atoms with E-state index in [0.717, 1.165) is 28.6 Å². The molecule has 0 saturated heterocycles. The van der Waals surface area contributed by atoms with Crippen molar-refractivity contribution in [2.45, 2.75) is 13.3 Å². The number of hydrogen-bond donors (Lipinski definition) is 2. The fourth-order valence-corrected chi connectivity index (χ4v) is 2.54. The number of aromatic nitrogens is 3. The van der Waals surface area contributed by atoms with E-state index in [-0.39, 0.29) is 0 Å². The Kier molecular flexibility index (Phi) is 2.99. The Hall–Kier alpha value is -2.27. The molecule has 2 heterocycles. The van der Waals surface area contributed by atoms with E-state index in [1.54, 1.807) is 10.6 Å². The summed E-state index contributed by atoms with van der Waals surface area (Å²) in [7, 11) is 0. The maximum atomic E-state index is 6.12. The van der Waals surface area contributed by atoms with Gasteiger partial charge in [0.2, 0.25) is 0 Å². The summed E-state index contributed by atoms with van der Waals surface area (Å²) in [5, 5.41) is 4.73. The van der Waals surface area contributed by atoms with E-state index in [0.29, 0.717) is 16.5 Å². The Morgan fingerprint density at radius 2 is 2.10 bits per heavy atom. The first kappa shape index (κ1) is 12.7. The molecular weight excluding hydrogens is 274 g/mol. The molecule has 2 aromatic heterocycles. The summed E-state index contributed by atoms with van der Waals surface area (Å²) in [5.41, 5.74) is 16.2. The van der Waals surface area contributed by atoms with E-state index in [1.165, 1.54) is 6.33 Å². The Morgan fingerprint density at radius 1 is 1.30 bits per heavy atom. The van der Waals surface area contributed by atoms with Gasteiger partial charge < -0.3 is 11.5 Å². The average Bonchev–Trinajstić information content (AvgIpc) is 2.82. The van der Waals surface area contributed by atoms with Crippen molar-refractivity contribution in [1.82, 2.24) is 14.6 Å². The van der Waals surface area contributed by atoms with Crippen molar-refractivity contribution in [3.05, 3.63) is 41.3 Å². The number of nitrogen functional groups attached to an aromatic ring is 2. The smallest absolute Gasteiger partial charge is 0.151 e. The molecule has 0 spiro atoms. The molecule has 102 valence electrons. The Morgan fingerprint density at radius 3 is 2.80 bits per heavy atom. The van der Waals surface area contributed by atoms with E-state index >= 15 is 0 Å². The van der Waals surface area contributed by atoms with Gasteiger partial charge in [0.05, 0.1) is 10.7 Å². The van der Waals surface area contributed by atoms with Gasteiger partial charge in [-0.15, -0.1) is 0 Å². The quantitative estimate of drug-likeness (QED) is 0.710. The fourth-order valence-electron chi connectivity index (χ4n) is 2.36. The van der Waals surface area contributed by atoms with Gasteiger partial charge in [0.15, 0.2) is 5.82 Å². The van der Waals surface area contributed by atoms with Crippen molar-refractivity contribution in [1.29, 1.82) is 0 Å². The Labute approximate surface area is 121 Å². The van der Waals surface area contributed by atoms with Gasteiger partial charge in [-0.05, 0) is 29.7 Å². The van der Waals surface area contributed by atoms with Crippen LogP contribution in [-0.2, 0) is 6.42 Å². The largest absolute Gasteiger partial charge is 0.398 e. The number of benzene rings is 1. The highest BCUT2D eigenvalue weighted by molar-refractivity contribution is 6.33. The number of hydrogen-bond acceptors (Lipinski definition) is 4. The molecule has 0 saturated carbocycles. The predicted molar refractivity (Wildman–Crippen MR) is 81.6 cm³/mol. The molecule has 0 aliphatic carbocycles. The molecule has 20 heavy (non-hydrogen) atoms. The van der Waals surface area contributed by atoms with E-state index in [1.807, 2.05) is 18.3 Å². The monoisotopic (exact) mass is 287 g/mol. The molecule has 0 unspecified atom stereocenters. The minimum atomic E-state index is 0.447. The average molecular weight is 288 g/mol. The molecule has 1 aromatic carbocycles. The maximum absolute atomic E-state index is 6.12. The van der Waals surface area contributed by atoms with Crippen LogP contribution in [0, 0.1) is 0 Å². The lowest BCUT2D eigenvalue weighted by atomic mass is 10.0. The van der Waals surface area contributed by atoms with Crippen LogP contribution in [0.3, 0.4) is 0 Å². The van der Waals surface area contributed by atoms with Crippen molar-refractivity contribution < 1.29 is 0 Å². The lowest BCUT2D eigenvalue weighted by Crippen LogP contribution is -1.98. The highest BCUT2D eigenvalue weighted by atomic mass is 35.5. The zero-order chi connectivity index (χ0) is 14.3. The number of aryl methyl sites for hydroxylation is 1. The minimum absolute atomic E-state index is 0.447. The molecule has 5 nitrogen and oxygen atoms in total. The molecule has 0 aliphatic rings. The molecule has 0 atom stereocenters. The van der Waals surface area contributed by atoms with Gasteiger partial charge in [-0.3, -0.25) is 0 Å². The summed E-state index contributed by atoms with van der Waals surface area (Å²) in [6, 6.07) is 5.57. The first-order valence-electron chi connectivity index (χ1n) is 6.28. The molecule has 0 amide bonds. The topological polar surface area (TPSA) is 82.2 Å². The van der Waals surface area contributed by atoms with Crippen molar-refractivity contribution in [2.75, 3.05) is 11.5 Å². The van der Waals surface area contributed by atoms with E-state index in [4.69, 9.17) is 23.1 Å². The second-order valence-corrected chi connectivity index (χ2v) is 4.96. The van der Waals surface area contributed by atoms with Gasteiger partial charge in [-0.2, -0.15) is 5.10 Å². The number of anilines is 2. The zero-order valence-corrected chi connectivity index (χ0v) is 11.7. The van der Waals surface area contributed by atoms with Crippen LogP contribution in [0.15, 0.2) is 30.7 Å². The summed E-state index contributed by atoms with van der Waals surface area (Å²) >= 11 is 6.12. The number of nitrogens with two attached hydrogens (primary N) is 2.